The van der Waals surface area contributed by atoms with E-state index in [1.54, 1.807) is 7.11 Å². The van der Waals surface area contributed by atoms with Crippen LogP contribution in [0.5, 0.6) is 5.75 Å². The molecule has 0 aliphatic carbocycles. The zero-order valence-electron chi connectivity index (χ0n) is 17.4. The second kappa shape index (κ2) is 10.7. The Hall–Kier alpha value is -2.79. The molecule has 5 nitrogen and oxygen atoms in total. The van der Waals surface area contributed by atoms with Crippen molar-refractivity contribution in [3.8, 4) is 5.75 Å². The lowest BCUT2D eigenvalue weighted by Crippen LogP contribution is -2.20. The van der Waals surface area contributed by atoms with E-state index in [1.165, 1.54) is 0 Å². The first-order valence-corrected chi connectivity index (χ1v) is 9.71. The number of methoxy groups -OCH3 is 1. The minimum Gasteiger partial charge on any atom is -0.497 e. The molecule has 1 atom stereocenters. The number of benzene rings is 2. The molecule has 0 saturated carbocycles. The molecule has 0 radical (unpaired) electrons. The summed E-state index contributed by atoms with van der Waals surface area (Å²) in [5.74, 6) is 0.732. The van der Waals surface area contributed by atoms with E-state index in [9.17, 15) is 4.79 Å². The highest BCUT2D eigenvalue weighted by Gasteiger charge is 2.17. The van der Waals surface area contributed by atoms with E-state index in [4.69, 9.17) is 21.3 Å². The molecule has 29 heavy (non-hydrogen) atoms. The van der Waals surface area contributed by atoms with E-state index in [0.29, 0.717) is 10.7 Å². The number of hydrogen-bond acceptors (Lipinski definition) is 5. The third kappa shape index (κ3) is 6.36. The van der Waals surface area contributed by atoms with E-state index in [1.807, 2.05) is 70.2 Å². The van der Waals surface area contributed by atoms with Crippen LogP contribution in [0.2, 0.25) is 5.02 Å². The lowest BCUT2D eigenvalue weighted by molar-refractivity contribution is -0.107. The minimum atomic E-state index is -0.424. The first kappa shape index (κ1) is 22.5. The SMILES string of the molecule is COc1ccc(C)c(C(=N[C@@H](CC=O)/C(C)=N/N=C(C)C)c2ccc(Cl)cc2)c1. The largest absolute Gasteiger partial charge is 0.497 e. The van der Waals surface area contributed by atoms with Gasteiger partial charge in [0.15, 0.2) is 0 Å². The van der Waals surface area contributed by atoms with E-state index in [-0.39, 0.29) is 6.42 Å². The molecule has 0 bridgehead atoms. The number of ether oxygens (including phenoxy) is 1. The maximum atomic E-state index is 11.3. The van der Waals surface area contributed by atoms with Crippen LogP contribution in [0.1, 0.15) is 43.9 Å². The molecule has 2 aromatic carbocycles. The van der Waals surface area contributed by atoms with Crippen LogP contribution < -0.4 is 4.74 Å². The second-order valence-electron chi connectivity index (χ2n) is 6.87. The van der Waals surface area contributed by atoms with Gasteiger partial charge in [0.1, 0.15) is 12.0 Å². The fourth-order valence-corrected chi connectivity index (χ4v) is 2.83. The van der Waals surface area contributed by atoms with E-state index >= 15 is 0 Å². The topological polar surface area (TPSA) is 63.4 Å². The van der Waals surface area contributed by atoms with Gasteiger partial charge in [-0.1, -0.05) is 29.8 Å². The van der Waals surface area contributed by atoms with Gasteiger partial charge in [-0.3, -0.25) is 4.99 Å². The van der Waals surface area contributed by atoms with Crippen LogP contribution in [-0.4, -0.2) is 36.6 Å². The van der Waals surface area contributed by atoms with Gasteiger partial charge in [-0.2, -0.15) is 10.2 Å². The van der Waals surface area contributed by atoms with E-state index in [0.717, 1.165) is 40.1 Å². The van der Waals surface area contributed by atoms with Crippen molar-refractivity contribution >= 4 is 35.0 Å². The smallest absolute Gasteiger partial charge is 0.122 e. The van der Waals surface area contributed by atoms with Gasteiger partial charge in [-0.05, 0) is 57.5 Å². The summed E-state index contributed by atoms with van der Waals surface area (Å²) in [5.41, 5.74) is 5.11. The van der Waals surface area contributed by atoms with Crippen LogP contribution in [0.25, 0.3) is 0 Å². The molecule has 0 spiro atoms. The van der Waals surface area contributed by atoms with Crippen molar-refractivity contribution < 1.29 is 9.53 Å². The van der Waals surface area contributed by atoms with Gasteiger partial charge < -0.3 is 9.53 Å². The number of aldehydes is 1. The molecular weight excluding hydrogens is 386 g/mol. The molecule has 0 amide bonds. The summed E-state index contributed by atoms with van der Waals surface area (Å²) in [7, 11) is 1.63. The molecule has 0 aliphatic heterocycles. The van der Waals surface area contributed by atoms with Gasteiger partial charge in [-0.15, -0.1) is 0 Å². The Morgan fingerprint density at radius 1 is 1.10 bits per heavy atom. The van der Waals surface area contributed by atoms with E-state index < -0.39 is 6.04 Å². The van der Waals surface area contributed by atoms with E-state index in [2.05, 4.69) is 10.2 Å². The number of carbonyl (C=O) groups excluding carboxylic acids is 1. The Bertz CT molecular complexity index is 943. The maximum absolute atomic E-state index is 11.3. The number of aliphatic imine (C=N–C) groups is 1. The van der Waals surface area contributed by atoms with Gasteiger partial charge in [0.25, 0.3) is 0 Å². The first-order chi connectivity index (χ1) is 13.8. The monoisotopic (exact) mass is 411 g/mol. The molecule has 2 aromatic rings. The number of aryl methyl sites for hydroxylation is 1. The standard InChI is InChI=1S/C23H26ClN3O2/c1-15(2)26-27-17(4)22(12-13-28)25-23(18-7-9-19(24)10-8-18)21-14-20(29-5)11-6-16(21)3/h6-11,13-14,22H,12H2,1-5H3/b25-23?,27-17+/t22-/m0/s1. The van der Waals surface area contributed by atoms with Crippen molar-refractivity contribution in [2.45, 2.75) is 40.2 Å². The predicted octanol–water partition coefficient (Wildman–Crippen LogP) is 5.31. The highest BCUT2D eigenvalue weighted by molar-refractivity contribution is 6.30. The third-order valence-corrected chi connectivity index (χ3v) is 4.56. The van der Waals surface area contributed by atoms with Gasteiger partial charge in [0, 0.05) is 28.3 Å². The molecule has 0 heterocycles. The number of carbonyl (C=O) groups is 1. The Balaban J connectivity index is 2.67. The third-order valence-electron chi connectivity index (χ3n) is 4.31. The number of nitrogens with zero attached hydrogens (tertiary/aromatic N) is 3. The van der Waals surface area contributed by atoms with Crippen molar-refractivity contribution in [2.75, 3.05) is 7.11 Å². The summed E-state index contributed by atoms with van der Waals surface area (Å²) in [5, 5.41) is 9.01. The number of halogens is 1. The first-order valence-electron chi connectivity index (χ1n) is 9.33. The van der Waals surface area contributed by atoms with Crippen molar-refractivity contribution in [1.82, 2.24) is 0 Å². The van der Waals surface area contributed by atoms with Crippen LogP contribution in [0, 0.1) is 6.92 Å². The quantitative estimate of drug-likeness (QED) is 0.335. The molecule has 0 unspecified atom stereocenters. The molecule has 0 saturated heterocycles. The minimum absolute atomic E-state index is 0.216. The Kier molecular flexibility index (Phi) is 8.28. The Labute approximate surface area is 177 Å². The molecule has 0 aliphatic rings. The maximum Gasteiger partial charge on any atom is 0.122 e. The van der Waals surface area contributed by atoms with Crippen LogP contribution in [0.4, 0.5) is 0 Å². The highest BCUT2D eigenvalue weighted by atomic mass is 35.5. The Morgan fingerprint density at radius 2 is 1.79 bits per heavy atom. The number of hydrogen-bond donors (Lipinski definition) is 0. The summed E-state index contributed by atoms with van der Waals surface area (Å²) < 4.78 is 5.41. The zero-order valence-corrected chi connectivity index (χ0v) is 18.2. The summed E-state index contributed by atoms with van der Waals surface area (Å²) in [6.07, 6.45) is 1.07. The van der Waals surface area contributed by atoms with Crippen molar-refractivity contribution in [2.24, 2.45) is 15.2 Å². The Morgan fingerprint density at radius 3 is 2.38 bits per heavy atom. The fraction of sp³-hybridized carbons (Fsp3) is 0.304. The average molecular weight is 412 g/mol. The van der Waals surface area contributed by atoms with Crippen molar-refractivity contribution in [3.05, 3.63) is 64.2 Å². The summed E-state index contributed by atoms with van der Waals surface area (Å²) in [4.78, 5) is 16.3. The predicted molar refractivity (Wildman–Crippen MR) is 121 cm³/mol. The normalized spacial score (nSPS) is 13.0. The summed E-state index contributed by atoms with van der Waals surface area (Å²) >= 11 is 6.08. The van der Waals surface area contributed by atoms with Crippen LogP contribution in [-0.2, 0) is 4.79 Å². The van der Waals surface area contributed by atoms with Crippen LogP contribution in [0.15, 0.2) is 57.7 Å². The molecule has 6 heteroatoms. The van der Waals surface area contributed by atoms with Gasteiger partial charge in [-0.25, -0.2) is 0 Å². The molecule has 0 fully saturated rings. The number of rotatable bonds is 8. The summed E-state index contributed by atoms with van der Waals surface area (Å²) in [6.45, 7) is 7.59. The van der Waals surface area contributed by atoms with Gasteiger partial charge >= 0.3 is 0 Å². The fourth-order valence-electron chi connectivity index (χ4n) is 2.70. The average Bonchev–Trinajstić information content (AvgIpc) is 2.70. The lowest BCUT2D eigenvalue weighted by atomic mass is 9.97. The van der Waals surface area contributed by atoms with Crippen molar-refractivity contribution in [3.63, 3.8) is 0 Å². The second-order valence-corrected chi connectivity index (χ2v) is 7.31. The molecular formula is C23H26ClN3O2. The van der Waals surface area contributed by atoms with Crippen molar-refractivity contribution in [1.29, 1.82) is 0 Å². The molecule has 0 N–H and O–H groups in total. The lowest BCUT2D eigenvalue weighted by Gasteiger charge is -2.16. The van der Waals surface area contributed by atoms with Crippen LogP contribution in [0.3, 0.4) is 0 Å². The van der Waals surface area contributed by atoms with Gasteiger partial charge in [0.05, 0.1) is 24.6 Å². The summed E-state index contributed by atoms with van der Waals surface area (Å²) in [6, 6.07) is 12.9. The molecule has 0 aromatic heterocycles. The zero-order chi connectivity index (χ0) is 21.4. The highest BCUT2D eigenvalue weighted by Crippen LogP contribution is 2.23. The molecule has 152 valence electrons. The van der Waals surface area contributed by atoms with Crippen LogP contribution >= 0.6 is 11.6 Å². The van der Waals surface area contributed by atoms with Gasteiger partial charge in [0.2, 0.25) is 0 Å². The molecule has 2 rings (SSSR count).